The number of hydrogen-bond acceptors (Lipinski definition) is 2. The van der Waals surface area contributed by atoms with Crippen molar-refractivity contribution in [3.8, 4) is 11.3 Å². The first-order chi connectivity index (χ1) is 16.0. The molecule has 0 amide bonds. The van der Waals surface area contributed by atoms with Gasteiger partial charge in [0, 0.05) is 33.9 Å². The fourth-order valence-corrected chi connectivity index (χ4v) is 5.92. The van der Waals surface area contributed by atoms with E-state index in [1.165, 1.54) is 31.6 Å². The Morgan fingerprint density at radius 3 is 2.29 bits per heavy atom. The van der Waals surface area contributed by atoms with Crippen LogP contribution in [0.15, 0.2) is 79.0 Å². The molecule has 0 saturated carbocycles. The van der Waals surface area contributed by atoms with Gasteiger partial charge in [0.05, 0.1) is 11.9 Å². The lowest BCUT2D eigenvalue weighted by Gasteiger charge is -2.07. The molecule has 1 nitrogen and oxygen atoms in total. The Balaban J connectivity index is 1.73. The molecule has 0 aliphatic heterocycles. The van der Waals surface area contributed by atoms with Crippen molar-refractivity contribution in [2.24, 2.45) is 0 Å². The molecule has 150 valence electrons. The first kappa shape index (κ1) is 16.4. The normalized spacial score (nSPS) is 13.2. The number of fused-ring (bicyclic) bond motifs is 8. The zero-order valence-corrected chi connectivity index (χ0v) is 17.8. The third-order valence-electron chi connectivity index (χ3n) is 5.87. The van der Waals surface area contributed by atoms with Crippen LogP contribution >= 0.6 is 11.3 Å². The van der Waals surface area contributed by atoms with Crippen LogP contribution in [0.1, 0.15) is 21.6 Å². The minimum atomic E-state index is -1.75. The Kier molecular flexibility index (Phi) is 3.78. The summed E-state index contributed by atoms with van der Waals surface area (Å²) >= 11 is 1.72. The zero-order valence-electron chi connectivity index (χ0n) is 18.9. The number of pyridine rings is 1. The molecule has 0 atom stereocenters. The van der Waals surface area contributed by atoms with E-state index in [2.05, 4.69) is 59.6 Å². The third-order valence-corrected chi connectivity index (χ3v) is 7.14. The summed E-state index contributed by atoms with van der Waals surface area (Å²) in [6.45, 7) is 1.72. The lowest BCUT2D eigenvalue weighted by molar-refractivity contribution is 0.601. The van der Waals surface area contributed by atoms with Crippen LogP contribution in [0.4, 0.5) is 4.39 Å². The van der Waals surface area contributed by atoms with E-state index < -0.39 is 12.2 Å². The van der Waals surface area contributed by atoms with Crippen LogP contribution < -0.4 is 0 Å². The SMILES string of the molecule is [2H]C([2H])(CC)c1cc(-c2cccc3c2sc2c4ccccc4c4ccccc4c32)ncc1F. The van der Waals surface area contributed by atoms with E-state index in [1.54, 1.807) is 24.3 Å². The predicted octanol–water partition coefficient (Wildman–Crippen LogP) is 8.51. The number of nitrogens with zero attached hydrogens (tertiary/aromatic N) is 1. The van der Waals surface area contributed by atoms with Gasteiger partial charge in [-0.3, -0.25) is 4.98 Å². The highest BCUT2D eigenvalue weighted by Crippen LogP contribution is 2.46. The van der Waals surface area contributed by atoms with Gasteiger partial charge in [-0.15, -0.1) is 11.3 Å². The summed E-state index contributed by atoms with van der Waals surface area (Å²) in [5.74, 6) is -0.605. The van der Waals surface area contributed by atoms with Crippen LogP contribution in [-0.4, -0.2) is 4.98 Å². The fourth-order valence-electron chi connectivity index (χ4n) is 4.54. The Hall–Kier alpha value is -3.30. The molecule has 0 saturated heterocycles. The maximum absolute atomic E-state index is 14.5. The molecule has 2 aromatic heterocycles. The molecule has 2 heterocycles. The third kappa shape index (κ3) is 2.77. The van der Waals surface area contributed by atoms with Crippen LogP contribution in [-0.2, 0) is 6.37 Å². The van der Waals surface area contributed by atoms with E-state index in [0.29, 0.717) is 5.69 Å². The summed E-state index contributed by atoms with van der Waals surface area (Å²) in [6.07, 6.45) is -0.407. The maximum atomic E-state index is 14.5. The fraction of sp³-hybridized carbons (Fsp3) is 0.107. The summed E-state index contributed by atoms with van der Waals surface area (Å²) in [6, 6.07) is 24.7. The van der Waals surface area contributed by atoms with Crippen molar-refractivity contribution in [3.05, 3.63) is 90.4 Å². The molecule has 6 aromatic rings. The number of rotatable bonds is 3. The van der Waals surface area contributed by atoms with E-state index in [0.717, 1.165) is 21.8 Å². The topological polar surface area (TPSA) is 12.9 Å². The molecule has 3 heteroatoms. The van der Waals surface area contributed by atoms with Crippen molar-refractivity contribution in [1.29, 1.82) is 0 Å². The molecule has 0 fully saturated rings. The van der Waals surface area contributed by atoms with Crippen LogP contribution in [0, 0.1) is 5.82 Å². The molecule has 31 heavy (non-hydrogen) atoms. The number of hydrogen-bond donors (Lipinski definition) is 0. The van der Waals surface area contributed by atoms with Crippen molar-refractivity contribution >= 4 is 53.1 Å². The molecule has 0 bridgehead atoms. The number of aromatic nitrogens is 1. The van der Waals surface area contributed by atoms with E-state index in [1.807, 2.05) is 12.1 Å². The molecule has 0 unspecified atom stereocenters. The van der Waals surface area contributed by atoms with Gasteiger partial charge in [-0.25, -0.2) is 4.39 Å². The quantitative estimate of drug-likeness (QED) is 0.260. The average molecular weight is 424 g/mol. The second-order valence-electron chi connectivity index (χ2n) is 7.66. The standard InChI is InChI=1S/C28H20FNS/c1-2-8-17-15-25(30-16-24(17)29)22-13-7-14-23-26-20-11-5-3-9-18(20)19-10-4-6-12-21(19)28(26)31-27(22)23/h3-7,9-16H,2,8H2,1H3/i8D2. The molecule has 0 aliphatic rings. The molecule has 0 aliphatic carbocycles. The molecular weight excluding hydrogens is 401 g/mol. The molecular formula is C28H20FNS. The van der Waals surface area contributed by atoms with E-state index in [4.69, 9.17) is 2.74 Å². The van der Waals surface area contributed by atoms with Crippen molar-refractivity contribution in [1.82, 2.24) is 4.98 Å². The summed E-state index contributed by atoms with van der Waals surface area (Å²) in [7, 11) is 0. The minimum absolute atomic E-state index is 0.0593. The van der Waals surface area contributed by atoms with Gasteiger partial charge in [-0.05, 0) is 34.2 Å². The molecule has 0 N–H and O–H groups in total. The first-order valence-corrected chi connectivity index (χ1v) is 11.2. The Morgan fingerprint density at radius 2 is 1.52 bits per heavy atom. The largest absolute Gasteiger partial charge is 0.253 e. The number of halogens is 1. The Labute approximate surface area is 186 Å². The summed E-state index contributed by atoms with van der Waals surface area (Å²) < 4.78 is 33.3. The minimum Gasteiger partial charge on any atom is -0.253 e. The van der Waals surface area contributed by atoms with Crippen LogP contribution in [0.3, 0.4) is 0 Å². The van der Waals surface area contributed by atoms with Crippen LogP contribution in [0.25, 0.3) is 53.0 Å². The Bertz CT molecular complexity index is 1700. The maximum Gasteiger partial charge on any atom is 0.144 e. The number of thiophene rings is 1. The van der Waals surface area contributed by atoms with Gasteiger partial charge < -0.3 is 0 Å². The zero-order chi connectivity index (χ0) is 22.7. The van der Waals surface area contributed by atoms with Gasteiger partial charge in [0.15, 0.2) is 0 Å². The van der Waals surface area contributed by atoms with Gasteiger partial charge in [0.2, 0.25) is 0 Å². The molecule has 0 spiro atoms. The van der Waals surface area contributed by atoms with Gasteiger partial charge in [-0.1, -0.05) is 80.1 Å². The highest BCUT2D eigenvalue weighted by Gasteiger charge is 2.17. The smallest absolute Gasteiger partial charge is 0.144 e. The lowest BCUT2D eigenvalue weighted by atomic mass is 9.96. The molecule has 4 aromatic carbocycles. The number of aryl methyl sites for hydroxylation is 1. The second kappa shape index (κ2) is 7.14. The molecule has 0 radical (unpaired) electrons. The molecule has 6 rings (SSSR count). The van der Waals surface area contributed by atoms with E-state index in [-0.39, 0.29) is 12.0 Å². The summed E-state index contributed by atoms with van der Waals surface area (Å²) in [4.78, 5) is 4.37. The van der Waals surface area contributed by atoms with Crippen molar-refractivity contribution < 1.29 is 7.13 Å². The van der Waals surface area contributed by atoms with Crippen molar-refractivity contribution in [2.75, 3.05) is 0 Å². The average Bonchev–Trinajstić information content (AvgIpc) is 3.25. The predicted molar refractivity (Wildman–Crippen MR) is 132 cm³/mol. The lowest BCUT2D eigenvalue weighted by Crippen LogP contribution is -1.94. The first-order valence-electron chi connectivity index (χ1n) is 11.4. The van der Waals surface area contributed by atoms with Crippen molar-refractivity contribution in [2.45, 2.75) is 19.7 Å². The highest BCUT2D eigenvalue weighted by atomic mass is 32.1. The van der Waals surface area contributed by atoms with Crippen LogP contribution in [0.5, 0.6) is 0 Å². The monoisotopic (exact) mass is 423 g/mol. The van der Waals surface area contributed by atoms with E-state index in [9.17, 15) is 4.39 Å². The summed E-state index contributed by atoms with van der Waals surface area (Å²) in [5.41, 5.74) is 1.55. The van der Waals surface area contributed by atoms with Gasteiger partial charge in [0.1, 0.15) is 5.82 Å². The van der Waals surface area contributed by atoms with Gasteiger partial charge >= 0.3 is 0 Å². The van der Waals surface area contributed by atoms with Gasteiger partial charge in [-0.2, -0.15) is 0 Å². The second-order valence-corrected chi connectivity index (χ2v) is 8.68. The van der Waals surface area contributed by atoms with E-state index >= 15 is 0 Å². The Morgan fingerprint density at radius 1 is 0.839 bits per heavy atom. The van der Waals surface area contributed by atoms with Crippen LogP contribution in [0.2, 0.25) is 0 Å². The van der Waals surface area contributed by atoms with Gasteiger partial charge in [0.25, 0.3) is 0 Å². The summed E-state index contributed by atoms with van der Waals surface area (Å²) in [5, 5.41) is 7.24. The highest BCUT2D eigenvalue weighted by molar-refractivity contribution is 7.27. The van der Waals surface area contributed by atoms with Crippen molar-refractivity contribution in [3.63, 3.8) is 0 Å². The number of benzene rings is 4.